The quantitative estimate of drug-likeness (QED) is 0.698. The van der Waals surface area contributed by atoms with Crippen molar-refractivity contribution in [1.29, 1.82) is 0 Å². The van der Waals surface area contributed by atoms with Crippen molar-refractivity contribution in [2.24, 2.45) is 0 Å². The van der Waals surface area contributed by atoms with Crippen LogP contribution in [0.3, 0.4) is 0 Å². The summed E-state index contributed by atoms with van der Waals surface area (Å²) >= 11 is 0. The summed E-state index contributed by atoms with van der Waals surface area (Å²) in [6.07, 6.45) is 2.34. The van der Waals surface area contributed by atoms with E-state index in [0.29, 0.717) is 24.5 Å². The van der Waals surface area contributed by atoms with Crippen LogP contribution in [0.25, 0.3) is 0 Å². The number of benzene rings is 2. The predicted molar refractivity (Wildman–Crippen MR) is 93.9 cm³/mol. The third-order valence-electron chi connectivity index (χ3n) is 3.95. The van der Waals surface area contributed by atoms with E-state index in [2.05, 4.69) is 6.92 Å². The molecule has 1 unspecified atom stereocenters. The number of aliphatic carboxylic acids is 1. The van der Waals surface area contributed by atoms with E-state index in [4.69, 9.17) is 9.47 Å². The van der Waals surface area contributed by atoms with Gasteiger partial charge in [0.25, 0.3) is 0 Å². The van der Waals surface area contributed by atoms with Crippen molar-refractivity contribution in [3.63, 3.8) is 0 Å². The Balaban J connectivity index is 2.30. The van der Waals surface area contributed by atoms with Crippen molar-refractivity contribution in [3.05, 3.63) is 59.7 Å². The van der Waals surface area contributed by atoms with E-state index in [0.717, 1.165) is 24.0 Å². The maximum atomic E-state index is 11.8. The SMILES string of the molecule is CCCCOc1c(CC(C(=O)O)c2ccccc2)cccc1OC. The lowest BCUT2D eigenvalue weighted by Gasteiger charge is -2.18. The molecule has 0 saturated carbocycles. The molecule has 2 aromatic rings. The Bertz CT molecular complexity index is 652. The van der Waals surface area contributed by atoms with Crippen molar-refractivity contribution in [2.75, 3.05) is 13.7 Å². The van der Waals surface area contributed by atoms with Crippen LogP contribution in [0.5, 0.6) is 11.5 Å². The number of hydrogen-bond acceptors (Lipinski definition) is 3. The lowest BCUT2D eigenvalue weighted by molar-refractivity contribution is -0.138. The number of rotatable bonds is 9. The molecule has 0 heterocycles. The highest BCUT2D eigenvalue weighted by Gasteiger charge is 2.23. The first-order chi connectivity index (χ1) is 11.7. The topological polar surface area (TPSA) is 55.8 Å². The Kier molecular flexibility index (Phi) is 6.67. The van der Waals surface area contributed by atoms with E-state index in [1.54, 1.807) is 7.11 Å². The zero-order chi connectivity index (χ0) is 17.4. The monoisotopic (exact) mass is 328 g/mol. The highest BCUT2D eigenvalue weighted by molar-refractivity contribution is 5.76. The molecule has 1 N–H and O–H groups in total. The molecule has 0 amide bonds. The third kappa shape index (κ3) is 4.51. The smallest absolute Gasteiger partial charge is 0.311 e. The van der Waals surface area contributed by atoms with Gasteiger partial charge in [0, 0.05) is 0 Å². The van der Waals surface area contributed by atoms with Gasteiger partial charge in [-0.2, -0.15) is 0 Å². The summed E-state index contributed by atoms with van der Waals surface area (Å²) < 4.78 is 11.3. The predicted octanol–water partition coefficient (Wildman–Crippen LogP) is 4.29. The van der Waals surface area contributed by atoms with Gasteiger partial charge in [-0.05, 0) is 30.0 Å². The Hall–Kier alpha value is -2.49. The first-order valence-corrected chi connectivity index (χ1v) is 8.23. The van der Waals surface area contributed by atoms with E-state index in [-0.39, 0.29) is 0 Å². The summed E-state index contributed by atoms with van der Waals surface area (Å²) in [5.41, 5.74) is 1.63. The number of unbranched alkanes of at least 4 members (excludes halogenated alkanes) is 1. The first kappa shape index (κ1) is 17.9. The van der Waals surface area contributed by atoms with Gasteiger partial charge in [-0.15, -0.1) is 0 Å². The second kappa shape index (κ2) is 8.96. The molecule has 1 atom stereocenters. The first-order valence-electron chi connectivity index (χ1n) is 8.23. The van der Waals surface area contributed by atoms with E-state index in [1.165, 1.54) is 0 Å². The lowest BCUT2D eigenvalue weighted by atomic mass is 9.91. The number of hydrogen-bond donors (Lipinski definition) is 1. The zero-order valence-electron chi connectivity index (χ0n) is 14.2. The van der Waals surface area contributed by atoms with Gasteiger partial charge in [-0.1, -0.05) is 55.8 Å². The van der Waals surface area contributed by atoms with Gasteiger partial charge < -0.3 is 14.6 Å². The highest BCUT2D eigenvalue weighted by Crippen LogP contribution is 2.34. The third-order valence-corrected chi connectivity index (χ3v) is 3.95. The average Bonchev–Trinajstić information content (AvgIpc) is 2.61. The second-order valence-electron chi connectivity index (χ2n) is 5.66. The van der Waals surface area contributed by atoms with Crippen molar-refractivity contribution in [1.82, 2.24) is 0 Å². The Morgan fingerprint density at radius 2 is 1.88 bits per heavy atom. The molecular weight excluding hydrogens is 304 g/mol. The summed E-state index contributed by atoms with van der Waals surface area (Å²) in [5.74, 6) is -0.174. The minimum atomic E-state index is -0.844. The largest absolute Gasteiger partial charge is 0.493 e. The van der Waals surface area contributed by atoms with Gasteiger partial charge in [-0.3, -0.25) is 4.79 Å². The molecule has 4 nitrogen and oxygen atoms in total. The standard InChI is InChI=1S/C20H24O4/c1-3-4-13-24-19-16(11-8-12-18(19)23-2)14-17(20(21)22)15-9-6-5-7-10-15/h5-12,17H,3-4,13-14H2,1-2H3,(H,21,22). The number of carboxylic acids is 1. The van der Waals surface area contributed by atoms with Crippen LogP contribution in [0.4, 0.5) is 0 Å². The van der Waals surface area contributed by atoms with Gasteiger partial charge in [0.2, 0.25) is 0 Å². The number of methoxy groups -OCH3 is 1. The molecule has 2 rings (SSSR count). The average molecular weight is 328 g/mol. The fraction of sp³-hybridized carbons (Fsp3) is 0.350. The van der Waals surface area contributed by atoms with E-state index in [9.17, 15) is 9.90 Å². The fourth-order valence-electron chi connectivity index (χ4n) is 2.62. The number of carboxylic acid groups (broad SMARTS) is 1. The maximum absolute atomic E-state index is 11.8. The summed E-state index contributed by atoms with van der Waals surface area (Å²) in [7, 11) is 1.59. The summed E-state index contributed by atoms with van der Waals surface area (Å²) in [5, 5.41) is 9.65. The fourth-order valence-corrected chi connectivity index (χ4v) is 2.62. The van der Waals surface area contributed by atoms with Crippen LogP contribution in [-0.4, -0.2) is 24.8 Å². The van der Waals surface area contributed by atoms with E-state index >= 15 is 0 Å². The molecule has 2 aromatic carbocycles. The molecular formula is C20H24O4. The Labute approximate surface area is 143 Å². The molecule has 0 radical (unpaired) electrons. The molecule has 24 heavy (non-hydrogen) atoms. The van der Waals surface area contributed by atoms with Crippen LogP contribution < -0.4 is 9.47 Å². The van der Waals surface area contributed by atoms with Crippen LogP contribution in [0.1, 0.15) is 36.8 Å². The van der Waals surface area contributed by atoms with Gasteiger partial charge in [0.05, 0.1) is 19.6 Å². The van der Waals surface area contributed by atoms with Gasteiger partial charge in [0.15, 0.2) is 11.5 Å². The molecule has 4 heteroatoms. The molecule has 0 saturated heterocycles. The summed E-state index contributed by atoms with van der Waals surface area (Å²) in [6.45, 7) is 2.69. The maximum Gasteiger partial charge on any atom is 0.311 e. The molecule has 0 aliphatic rings. The summed E-state index contributed by atoms with van der Waals surface area (Å²) in [6, 6.07) is 14.9. The number of carbonyl (C=O) groups is 1. The molecule has 0 aliphatic carbocycles. The van der Waals surface area contributed by atoms with Crippen LogP contribution >= 0.6 is 0 Å². The highest BCUT2D eigenvalue weighted by atomic mass is 16.5. The number of ether oxygens (including phenoxy) is 2. The minimum Gasteiger partial charge on any atom is -0.493 e. The van der Waals surface area contributed by atoms with Crippen molar-refractivity contribution in [2.45, 2.75) is 32.1 Å². The van der Waals surface area contributed by atoms with Gasteiger partial charge >= 0.3 is 5.97 Å². The number of para-hydroxylation sites is 1. The normalized spacial score (nSPS) is 11.8. The van der Waals surface area contributed by atoms with Crippen LogP contribution in [-0.2, 0) is 11.2 Å². The Morgan fingerprint density at radius 1 is 1.12 bits per heavy atom. The van der Waals surface area contributed by atoms with Gasteiger partial charge in [-0.25, -0.2) is 0 Å². The molecule has 0 bridgehead atoms. The lowest BCUT2D eigenvalue weighted by Crippen LogP contribution is -2.15. The molecule has 0 spiro atoms. The molecule has 0 fully saturated rings. The van der Waals surface area contributed by atoms with Gasteiger partial charge in [0.1, 0.15) is 0 Å². The molecule has 0 aliphatic heterocycles. The molecule has 128 valence electrons. The van der Waals surface area contributed by atoms with Crippen LogP contribution in [0, 0.1) is 0 Å². The van der Waals surface area contributed by atoms with Crippen molar-refractivity contribution < 1.29 is 19.4 Å². The van der Waals surface area contributed by atoms with E-state index in [1.807, 2.05) is 48.5 Å². The second-order valence-corrected chi connectivity index (χ2v) is 5.66. The van der Waals surface area contributed by atoms with Crippen molar-refractivity contribution in [3.8, 4) is 11.5 Å². The van der Waals surface area contributed by atoms with Crippen LogP contribution in [0.15, 0.2) is 48.5 Å². The van der Waals surface area contributed by atoms with Crippen LogP contribution in [0.2, 0.25) is 0 Å². The minimum absolute atomic E-state index is 0.359. The zero-order valence-corrected chi connectivity index (χ0v) is 14.2. The van der Waals surface area contributed by atoms with E-state index < -0.39 is 11.9 Å². The molecule has 0 aromatic heterocycles. The van der Waals surface area contributed by atoms with Crippen molar-refractivity contribution >= 4 is 5.97 Å². The summed E-state index contributed by atoms with van der Waals surface area (Å²) in [4.78, 5) is 11.8. The Morgan fingerprint density at radius 3 is 2.50 bits per heavy atom.